The molecule has 0 radical (unpaired) electrons. The Kier molecular flexibility index (Phi) is 6.39. The lowest BCUT2D eigenvalue weighted by molar-refractivity contribution is -0.113. The van der Waals surface area contributed by atoms with Gasteiger partial charge in [-0.1, -0.05) is 23.5 Å². The van der Waals surface area contributed by atoms with Crippen LogP contribution >= 0.6 is 34.9 Å². The first kappa shape index (κ1) is 22.3. The van der Waals surface area contributed by atoms with Crippen molar-refractivity contribution in [2.75, 3.05) is 17.3 Å². The standard InChI is InChI=1S/C22H23N3O3S3/c1-12(26)13-5-7-14(8-6-13)23-17(27)11-30-19-18-15-9-22(2,3)28-10-16(15)31-20(18)25-21(24-19)29-4/h5-8H,9-11H2,1-4H3,(H,23,27). The normalized spacial score (nSPS) is 15.0. The largest absolute Gasteiger partial charge is 0.370 e. The molecule has 3 aromatic rings. The van der Waals surface area contributed by atoms with E-state index < -0.39 is 0 Å². The Balaban J connectivity index is 1.55. The molecule has 9 heteroatoms. The highest BCUT2D eigenvalue weighted by Crippen LogP contribution is 2.42. The first-order chi connectivity index (χ1) is 14.8. The summed E-state index contributed by atoms with van der Waals surface area (Å²) in [5.74, 6) is 0.114. The molecule has 31 heavy (non-hydrogen) atoms. The number of thiophene rings is 1. The van der Waals surface area contributed by atoms with Crippen LogP contribution in [0.15, 0.2) is 34.4 Å². The molecule has 0 fully saturated rings. The van der Waals surface area contributed by atoms with Crippen LogP contribution in [0, 0.1) is 0 Å². The third-order valence-corrected chi connectivity index (χ3v) is 7.60. The summed E-state index contributed by atoms with van der Waals surface area (Å²) < 4.78 is 5.97. The molecule has 162 valence electrons. The van der Waals surface area contributed by atoms with Gasteiger partial charge in [0.25, 0.3) is 0 Å². The van der Waals surface area contributed by atoms with Crippen LogP contribution in [0.3, 0.4) is 0 Å². The minimum Gasteiger partial charge on any atom is -0.370 e. The second-order valence-corrected chi connectivity index (χ2v) is 10.7. The summed E-state index contributed by atoms with van der Waals surface area (Å²) in [6.07, 6.45) is 2.75. The average molecular weight is 474 g/mol. The zero-order valence-electron chi connectivity index (χ0n) is 17.8. The number of amides is 1. The van der Waals surface area contributed by atoms with Crippen molar-refractivity contribution in [1.29, 1.82) is 0 Å². The Labute approximate surface area is 193 Å². The Morgan fingerprint density at radius 3 is 2.65 bits per heavy atom. The predicted octanol–water partition coefficient (Wildman–Crippen LogP) is 5.20. The van der Waals surface area contributed by atoms with Crippen LogP contribution in [0.2, 0.25) is 0 Å². The number of aromatic nitrogens is 2. The van der Waals surface area contributed by atoms with Gasteiger partial charge in [-0.3, -0.25) is 9.59 Å². The molecule has 0 spiro atoms. The summed E-state index contributed by atoms with van der Waals surface area (Å²) in [5.41, 5.74) is 2.30. The predicted molar refractivity (Wildman–Crippen MR) is 128 cm³/mol. The first-order valence-corrected chi connectivity index (χ1v) is 12.8. The number of ether oxygens (including phenoxy) is 1. The quantitative estimate of drug-likeness (QED) is 0.228. The van der Waals surface area contributed by atoms with Crippen LogP contribution in [-0.2, 0) is 22.6 Å². The number of thioether (sulfide) groups is 2. The summed E-state index contributed by atoms with van der Waals surface area (Å²) in [6.45, 7) is 6.28. The van der Waals surface area contributed by atoms with E-state index in [2.05, 4.69) is 19.2 Å². The van der Waals surface area contributed by atoms with Crippen molar-refractivity contribution < 1.29 is 14.3 Å². The Bertz CT molecular complexity index is 1160. The Morgan fingerprint density at radius 1 is 1.23 bits per heavy atom. The average Bonchev–Trinajstić information content (AvgIpc) is 3.09. The van der Waals surface area contributed by atoms with Crippen LogP contribution in [0.4, 0.5) is 5.69 Å². The van der Waals surface area contributed by atoms with E-state index in [-0.39, 0.29) is 23.0 Å². The highest BCUT2D eigenvalue weighted by molar-refractivity contribution is 8.00. The SMILES string of the molecule is CSc1nc(SCC(=O)Nc2ccc(C(C)=O)cc2)c2c3c(sc2n1)COC(C)(C)C3. The third kappa shape index (κ3) is 4.95. The number of anilines is 1. The Morgan fingerprint density at radius 2 is 1.97 bits per heavy atom. The minimum atomic E-state index is -0.232. The van der Waals surface area contributed by atoms with Gasteiger partial charge in [0, 0.05) is 27.9 Å². The van der Waals surface area contributed by atoms with Gasteiger partial charge in [0.05, 0.1) is 18.0 Å². The van der Waals surface area contributed by atoms with Crippen molar-refractivity contribution in [1.82, 2.24) is 9.97 Å². The van der Waals surface area contributed by atoms with Gasteiger partial charge in [-0.25, -0.2) is 9.97 Å². The third-order valence-electron chi connectivity index (χ3n) is 4.97. The molecule has 4 rings (SSSR count). The molecule has 0 aliphatic carbocycles. The summed E-state index contributed by atoms with van der Waals surface area (Å²) >= 11 is 4.58. The number of ketones is 1. The van der Waals surface area contributed by atoms with E-state index in [0.29, 0.717) is 23.0 Å². The number of carbonyl (C=O) groups excluding carboxylic acids is 2. The zero-order valence-corrected chi connectivity index (χ0v) is 20.2. The molecule has 2 aromatic heterocycles. The monoisotopic (exact) mass is 473 g/mol. The van der Waals surface area contributed by atoms with Crippen LogP contribution in [0.25, 0.3) is 10.2 Å². The molecule has 1 aromatic carbocycles. The van der Waals surface area contributed by atoms with Gasteiger partial charge < -0.3 is 10.1 Å². The molecule has 1 aliphatic rings. The molecule has 1 amide bonds. The van der Waals surface area contributed by atoms with E-state index in [1.807, 2.05) is 6.26 Å². The fourth-order valence-electron chi connectivity index (χ4n) is 3.41. The van der Waals surface area contributed by atoms with Crippen LogP contribution in [0.5, 0.6) is 0 Å². The number of nitrogens with zero attached hydrogens (tertiary/aromatic N) is 2. The van der Waals surface area contributed by atoms with Gasteiger partial charge in [0.2, 0.25) is 5.91 Å². The topological polar surface area (TPSA) is 81.2 Å². The van der Waals surface area contributed by atoms with Crippen molar-refractivity contribution in [2.45, 2.75) is 49.6 Å². The molecule has 0 atom stereocenters. The molecule has 0 saturated carbocycles. The van der Waals surface area contributed by atoms with Crippen molar-refractivity contribution in [3.8, 4) is 0 Å². The first-order valence-electron chi connectivity index (χ1n) is 9.79. The number of rotatable bonds is 6. The summed E-state index contributed by atoms with van der Waals surface area (Å²) in [6, 6.07) is 6.91. The number of nitrogens with one attached hydrogen (secondary N) is 1. The molecule has 1 aliphatic heterocycles. The highest BCUT2D eigenvalue weighted by atomic mass is 32.2. The van der Waals surface area contributed by atoms with Gasteiger partial charge in [-0.05, 0) is 56.9 Å². The highest BCUT2D eigenvalue weighted by Gasteiger charge is 2.31. The van der Waals surface area contributed by atoms with Gasteiger partial charge in [0.15, 0.2) is 10.9 Å². The smallest absolute Gasteiger partial charge is 0.234 e. The van der Waals surface area contributed by atoms with E-state index in [0.717, 1.165) is 21.7 Å². The van der Waals surface area contributed by atoms with Crippen molar-refractivity contribution in [3.05, 3.63) is 40.3 Å². The van der Waals surface area contributed by atoms with E-state index >= 15 is 0 Å². The maximum Gasteiger partial charge on any atom is 0.234 e. The van der Waals surface area contributed by atoms with E-state index in [4.69, 9.17) is 14.7 Å². The molecule has 3 heterocycles. The second-order valence-electron chi connectivity index (χ2n) is 7.89. The molecular weight excluding hydrogens is 450 g/mol. The van der Waals surface area contributed by atoms with Crippen LogP contribution < -0.4 is 5.32 Å². The maximum atomic E-state index is 12.6. The number of hydrogen-bond acceptors (Lipinski definition) is 8. The Hall–Kier alpha value is -1.94. The van der Waals surface area contributed by atoms with Crippen molar-refractivity contribution in [3.63, 3.8) is 0 Å². The van der Waals surface area contributed by atoms with E-state index in [1.165, 1.54) is 40.9 Å². The lowest BCUT2D eigenvalue weighted by Gasteiger charge is -2.30. The summed E-state index contributed by atoms with van der Waals surface area (Å²) in [7, 11) is 0. The molecule has 0 saturated heterocycles. The van der Waals surface area contributed by atoms with Crippen LogP contribution in [-0.4, -0.2) is 39.3 Å². The number of hydrogen-bond donors (Lipinski definition) is 1. The summed E-state index contributed by atoms with van der Waals surface area (Å²) in [4.78, 5) is 35.5. The van der Waals surface area contributed by atoms with Gasteiger partial charge in [0.1, 0.15) is 9.86 Å². The molecule has 0 bridgehead atoms. The van der Waals surface area contributed by atoms with Crippen molar-refractivity contribution in [2.24, 2.45) is 0 Å². The van der Waals surface area contributed by atoms with E-state index in [9.17, 15) is 9.59 Å². The van der Waals surface area contributed by atoms with Gasteiger partial charge in [-0.2, -0.15) is 0 Å². The van der Waals surface area contributed by atoms with Crippen molar-refractivity contribution >= 4 is 62.5 Å². The fraction of sp³-hybridized carbons (Fsp3) is 0.364. The van der Waals surface area contributed by atoms with Gasteiger partial charge >= 0.3 is 0 Å². The number of fused-ring (bicyclic) bond motifs is 3. The van der Waals surface area contributed by atoms with E-state index in [1.54, 1.807) is 35.6 Å². The number of benzene rings is 1. The lowest BCUT2D eigenvalue weighted by Crippen LogP contribution is -2.31. The summed E-state index contributed by atoms with van der Waals surface area (Å²) in [5, 5.41) is 5.48. The zero-order chi connectivity index (χ0) is 22.2. The molecule has 6 nitrogen and oxygen atoms in total. The second kappa shape index (κ2) is 8.90. The van der Waals surface area contributed by atoms with Gasteiger partial charge in [-0.15, -0.1) is 11.3 Å². The van der Waals surface area contributed by atoms with Crippen LogP contribution in [0.1, 0.15) is 41.6 Å². The molecular formula is C22H23N3O3S3. The minimum absolute atomic E-state index is 0.00141. The molecule has 1 N–H and O–H groups in total. The molecule has 0 unspecified atom stereocenters. The maximum absolute atomic E-state index is 12.6. The number of carbonyl (C=O) groups is 2. The number of Topliss-reactive ketones (excluding diaryl/α,β-unsaturated/α-hetero) is 1. The fourth-order valence-corrected chi connectivity index (χ4v) is 5.91. The lowest BCUT2D eigenvalue weighted by atomic mass is 9.95.